The maximum atomic E-state index is 5.18. The molecule has 1 heterocycles. The van der Waals surface area contributed by atoms with Gasteiger partial charge in [-0.2, -0.15) is 0 Å². The van der Waals surface area contributed by atoms with Gasteiger partial charge in [0, 0.05) is 6.20 Å². The van der Waals surface area contributed by atoms with Gasteiger partial charge in [-0.1, -0.05) is 18.2 Å². The normalized spacial score (nSPS) is 12.2. The molecule has 18 heavy (non-hydrogen) atoms. The maximum absolute atomic E-state index is 5.18. The SMILES string of the molecule is CNC(c1ccc(OC)cc1)c1ncccc1C. The Kier molecular flexibility index (Phi) is 3.95. The van der Waals surface area contributed by atoms with Crippen LogP contribution in [0.5, 0.6) is 5.75 Å². The van der Waals surface area contributed by atoms with Crippen LogP contribution in [0.25, 0.3) is 0 Å². The van der Waals surface area contributed by atoms with E-state index in [0.717, 1.165) is 11.4 Å². The van der Waals surface area contributed by atoms with Gasteiger partial charge in [0.1, 0.15) is 5.75 Å². The topological polar surface area (TPSA) is 34.1 Å². The molecule has 0 saturated heterocycles. The Balaban J connectivity index is 2.36. The van der Waals surface area contributed by atoms with E-state index in [1.165, 1.54) is 11.1 Å². The van der Waals surface area contributed by atoms with Gasteiger partial charge in [0.25, 0.3) is 0 Å². The molecule has 0 spiro atoms. The van der Waals surface area contributed by atoms with Gasteiger partial charge in [-0.05, 0) is 43.3 Å². The monoisotopic (exact) mass is 242 g/mol. The fourth-order valence-corrected chi connectivity index (χ4v) is 2.06. The van der Waals surface area contributed by atoms with Gasteiger partial charge in [-0.15, -0.1) is 0 Å². The van der Waals surface area contributed by atoms with Gasteiger partial charge >= 0.3 is 0 Å². The lowest BCUT2D eigenvalue weighted by atomic mass is 10.00. The number of aromatic nitrogens is 1. The van der Waals surface area contributed by atoms with Gasteiger partial charge in [0.05, 0.1) is 18.8 Å². The molecule has 0 aliphatic rings. The van der Waals surface area contributed by atoms with Crippen LogP contribution < -0.4 is 10.1 Å². The van der Waals surface area contributed by atoms with Gasteiger partial charge < -0.3 is 10.1 Å². The van der Waals surface area contributed by atoms with Crippen LogP contribution in [0.3, 0.4) is 0 Å². The fourth-order valence-electron chi connectivity index (χ4n) is 2.06. The van der Waals surface area contributed by atoms with Crippen molar-refractivity contribution in [1.29, 1.82) is 0 Å². The summed E-state index contributed by atoms with van der Waals surface area (Å²) in [6.45, 7) is 2.08. The molecule has 2 aromatic rings. The second kappa shape index (κ2) is 5.65. The van der Waals surface area contributed by atoms with Crippen LogP contribution in [-0.2, 0) is 0 Å². The van der Waals surface area contributed by atoms with Crippen LogP contribution in [-0.4, -0.2) is 19.1 Å². The second-order valence-electron chi connectivity index (χ2n) is 4.20. The first-order valence-corrected chi connectivity index (χ1v) is 5.99. The first kappa shape index (κ1) is 12.6. The number of methoxy groups -OCH3 is 1. The minimum Gasteiger partial charge on any atom is -0.497 e. The number of rotatable bonds is 4. The lowest BCUT2D eigenvalue weighted by Gasteiger charge is -2.18. The Morgan fingerprint density at radius 1 is 1.17 bits per heavy atom. The zero-order valence-electron chi connectivity index (χ0n) is 11.0. The van der Waals surface area contributed by atoms with E-state index >= 15 is 0 Å². The highest BCUT2D eigenvalue weighted by atomic mass is 16.5. The van der Waals surface area contributed by atoms with E-state index in [1.54, 1.807) is 7.11 Å². The van der Waals surface area contributed by atoms with Gasteiger partial charge in [-0.25, -0.2) is 0 Å². The average Bonchev–Trinajstić information content (AvgIpc) is 2.42. The summed E-state index contributed by atoms with van der Waals surface area (Å²) in [6, 6.07) is 12.2. The van der Waals surface area contributed by atoms with Crippen molar-refractivity contribution in [3.63, 3.8) is 0 Å². The summed E-state index contributed by atoms with van der Waals surface area (Å²) in [5, 5.41) is 3.31. The molecule has 94 valence electrons. The number of benzene rings is 1. The second-order valence-corrected chi connectivity index (χ2v) is 4.20. The van der Waals surface area contributed by atoms with Gasteiger partial charge in [0.15, 0.2) is 0 Å². The van der Waals surface area contributed by atoms with Crippen molar-refractivity contribution in [3.8, 4) is 5.75 Å². The molecule has 2 rings (SSSR count). The van der Waals surface area contributed by atoms with Gasteiger partial charge in [-0.3, -0.25) is 4.98 Å². The molecule has 1 atom stereocenters. The first-order chi connectivity index (χ1) is 8.76. The van der Waals surface area contributed by atoms with Crippen molar-refractivity contribution < 1.29 is 4.74 Å². The predicted molar refractivity (Wildman–Crippen MR) is 72.9 cm³/mol. The highest BCUT2D eigenvalue weighted by molar-refractivity contribution is 5.35. The van der Waals surface area contributed by atoms with Crippen LogP contribution in [0, 0.1) is 6.92 Å². The molecular weight excluding hydrogens is 224 g/mol. The van der Waals surface area contributed by atoms with Crippen LogP contribution in [0.1, 0.15) is 22.9 Å². The van der Waals surface area contributed by atoms with Gasteiger partial charge in [0.2, 0.25) is 0 Å². The Labute approximate surface area is 108 Å². The van der Waals surface area contributed by atoms with E-state index in [-0.39, 0.29) is 6.04 Å². The molecule has 0 aliphatic heterocycles. The van der Waals surface area contributed by atoms with E-state index in [1.807, 2.05) is 31.4 Å². The molecule has 1 N–H and O–H groups in total. The minimum absolute atomic E-state index is 0.108. The molecule has 1 aromatic carbocycles. The predicted octanol–water partition coefficient (Wildman–Crippen LogP) is 2.71. The lowest BCUT2D eigenvalue weighted by molar-refractivity contribution is 0.414. The molecule has 1 aromatic heterocycles. The Morgan fingerprint density at radius 2 is 1.89 bits per heavy atom. The zero-order chi connectivity index (χ0) is 13.0. The standard InChI is InChI=1S/C15H18N2O/c1-11-5-4-10-17-14(11)15(16-2)12-6-8-13(18-3)9-7-12/h4-10,15-16H,1-3H3. The summed E-state index contributed by atoms with van der Waals surface area (Å²) in [5.41, 5.74) is 3.43. The number of aryl methyl sites for hydroxylation is 1. The number of nitrogens with zero attached hydrogens (tertiary/aromatic N) is 1. The Bertz CT molecular complexity index is 508. The first-order valence-electron chi connectivity index (χ1n) is 5.99. The molecule has 0 saturated carbocycles. The summed E-state index contributed by atoms with van der Waals surface area (Å²) in [6.07, 6.45) is 1.83. The molecule has 0 fully saturated rings. The minimum atomic E-state index is 0.108. The quantitative estimate of drug-likeness (QED) is 0.895. The zero-order valence-corrected chi connectivity index (χ0v) is 11.0. The fraction of sp³-hybridized carbons (Fsp3) is 0.267. The molecule has 0 bridgehead atoms. The number of hydrogen-bond acceptors (Lipinski definition) is 3. The molecular formula is C15H18N2O. The van der Waals surface area contributed by atoms with E-state index in [4.69, 9.17) is 4.74 Å². The van der Waals surface area contributed by atoms with Crippen LogP contribution >= 0.6 is 0 Å². The summed E-state index contributed by atoms with van der Waals surface area (Å²) in [7, 11) is 3.62. The third kappa shape index (κ3) is 2.51. The highest BCUT2D eigenvalue weighted by Crippen LogP contribution is 2.24. The van der Waals surface area contributed by atoms with Crippen molar-refractivity contribution >= 4 is 0 Å². The maximum Gasteiger partial charge on any atom is 0.118 e. The lowest BCUT2D eigenvalue weighted by Crippen LogP contribution is -2.19. The smallest absolute Gasteiger partial charge is 0.118 e. The molecule has 3 nitrogen and oxygen atoms in total. The number of ether oxygens (including phenoxy) is 1. The molecule has 0 amide bonds. The average molecular weight is 242 g/mol. The van der Waals surface area contributed by atoms with E-state index in [0.29, 0.717) is 0 Å². The van der Waals surface area contributed by atoms with Crippen LogP contribution in [0.2, 0.25) is 0 Å². The Hall–Kier alpha value is -1.87. The third-order valence-corrected chi connectivity index (χ3v) is 3.06. The summed E-state index contributed by atoms with van der Waals surface area (Å²) < 4.78 is 5.18. The molecule has 0 radical (unpaired) electrons. The van der Waals surface area contributed by atoms with Crippen molar-refractivity contribution in [2.45, 2.75) is 13.0 Å². The van der Waals surface area contributed by atoms with Crippen molar-refractivity contribution in [2.24, 2.45) is 0 Å². The van der Waals surface area contributed by atoms with Crippen molar-refractivity contribution in [3.05, 3.63) is 59.4 Å². The number of hydrogen-bond donors (Lipinski definition) is 1. The third-order valence-electron chi connectivity index (χ3n) is 3.06. The molecule has 0 aliphatic carbocycles. The number of nitrogens with one attached hydrogen (secondary N) is 1. The van der Waals surface area contributed by atoms with Crippen LogP contribution in [0.4, 0.5) is 0 Å². The largest absolute Gasteiger partial charge is 0.497 e. The van der Waals surface area contributed by atoms with E-state index in [2.05, 4.69) is 35.4 Å². The number of pyridine rings is 1. The summed E-state index contributed by atoms with van der Waals surface area (Å²) in [5.74, 6) is 0.867. The summed E-state index contributed by atoms with van der Waals surface area (Å²) in [4.78, 5) is 4.47. The molecule has 1 unspecified atom stereocenters. The van der Waals surface area contributed by atoms with Crippen molar-refractivity contribution in [1.82, 2.24) is 10.3 Å². The highest BCUT2D eigenvalue weighted by Gasteiger charge is 2.15. The van der Waals surface area contributed by atoms with E-state index in [9.17, 15) is 0 Å². The van der Waals surface area contributed by atoms with Crippen molar-refractivity contribution in [2.75, 3.05) is 14.2 Å². The Morgan fingerprint density at radius 3 is 2.44 bits per heavy atom. The van der Waals surface area contributed by atoms with Crippen LogP contribution in [0.15, 0.2) is 42.6 Å². The van der Waals surface area contributed by atoms with E-state index < -0.39 is 0 Å². The molecule has 3 heteroatoms. The summed E-state index contributed by atoms with van der Waals surface area (Å²) >= 11 is 0.